The molecule has 0 saturated carbocycles. The molecule has 1 heterocycles. The lowest BCUT2D eigenvalue weighted by Crippen LogP contribution is -2.14. The van der Waals surface area contributed by atoms with Gasteiger partial charge >= 0.3 is 0 Å². The molecule has 4 rings (SSSR count). The van der Waals surface area contributed by atoms with E-state index in [0.29, 0.717) is 18.1 Å². The maximum absolute atomic E-state index is 11.5. The van der Waals surface area contributed by atoms with E-state index in [0.717, 1.165) is 32.1 Å². The fourth-order valence-corrected chi connectivity index (χ4v) is 3.94. The summed E-state index contributed by atoms with van der Waals surface area (Å²) in [4.78, 5) is 14.4. The summed E-state index contributed by atoms with van der Waals surface area (Å²) in [6.45, 7) is 0.174. The Kier molecular flexibility index (Phi) is 6.23. The summed E-state index contributed by atoms with van der Waals surface area (Å²) < 4.78 is 12.5. The summed E-state index contributed by atoms with van der Waals surface area (Å²) in [7, 11) is 1.57. The van der Waals surface area contributed by atoms with Gasteiger partial charge in [-0.25, -0.2) is 0 Å². The predicted molar refractivity (Wildman–Crippen MR) is 123 cm³/mol. The van der Waals surface area contributed by atoms with Crippen molar-refractivity contribution in [1.82, 2.24) is 4.98 Å². The van der Waals surface area contributed by atoms with Crippen molar-refractivity contribution in [3.05, 3.63) is 104 Å². The van der Waals surface area contributed by atoms with E-state index in [1.54, 1.807) is 7.11 Å². The first kappa shape index (κ1) is 20.9. The van der Waals surface area contributed by atoms with Crippen molar-refractivity contribution in [3.63, 3.8) is 0 Å². The van der Waals surface area contributed by atoms with Gasteiger partial charge in [0.1, 0.15) is 6.61 Å². The number of H-pyrrole nitrogens is 1. The lowest BCUT2D eigenvalue weighted by molar-refractivity contribution is -0.481. The van der Waals surface area contributed by atoms with E-state index in [1.807, 2.05) is 72.9 Å². The molecule has 0 radical (unpaired) electrons. The number of halogens is 1. The second kappa shape index (κ2) is 9.22. The van der Waals surface area contributed by atoms with E-state index in [4.69, 9.17) is 9.47 Å². The Balaban J connectivity index is 1.64. The molecule has 0 aliphatic carbocycles. The van der Waals surface area contributed by atoms with Gasteiger partial charge in [0.25, 0.3) is 0 Å². The zero-order valence-electron chi connectivity index (χ0n) is 16.9. The Bertz CT molecular complexity index is 1200. The number of fused-ring (bicyclic) bond motifs is 1. The van der Waals surface area contributed by atoms with E-state index in [-0.39, 0.29) is 11.5 Å². The van der Waals surface area contributed by atoms with Crippen LogP contribution in [-0.2, 0) is 6.61 Å². The highest BCUT2D eigenvalue weighted by atomic mass is 79.9. The molecule has 3 aromatic carbocycles. The van der Waals surface area contributed by atoms with Gasteiger partial charge in [-0.1, -0.05) is 52.3 Å². The van der Waals surface area contributed by atoms with Crippen LogP contribution in [0.2, 0.25) is 0 Å². The van der Waals surface area contributed by atoms with Crippen LogP contribution in [0.3, 0.4) is 0 Å². The van der Waals surface area contributed by atoms with Crippen LogP contribution in [0.25, 0.3) is 10.9 Å². The van der Waals surface area contributed by atoms with Crippen LogP contribution >= 0.6 is 15.9 Å². The van der Waals surface area contributed by atoms with Crippen molar-refractivity contribution in [3.8, 4) is 11.5 Å². The first-order valence-corrected chi connectivity index (χ1v) is 10.6. The van der Waals surface area contributed by atoms with Gasteiger partial charge in [-0.3, -0.25) is 10.1 Å². The third-order valence-corrected chi connectivity index (χ3v) is 5.75. The van der Waals surface area contributed by atoms with Crippen LogP contribution in [0.4, 0.5) is 0 Å². The molecule has 6 nitrogen and oxygen atoms in total. The molecule has 0 fully saturated rings. The number of nitrogens with zero attached hydrogens (tertiary/aromatic N) is 1. The number of ether oxygens (including phenoxy) is 2. The number of rotatable bonds is 8. The van der Waals surface area contributed by atoms with E-state index in [2.05, 4.69) is 20.9 Å². The summed E-state index contributed by atoms with van der Waals surface area (Å²) in [6, 6.07) is 21.2. The molecule has 0 bridgehead atoms. The van der Waals surface area contributed by atoms with Crippen molar-refractivity contribution in [2.24, 2.45) is 0 Å². The Morgan fingerprint density at radius 3 is 2.58 bits per heavy atom. The number of benzene rings is 3. The SMILES string of the molecule is COc1cc([C@H](C[N+](=O)[O-])c2c[nH]c3ccccc23)ccc1OCc1ccc(Br)cc1. The normalized spacial score (nSPS) is 11.9. The summed E-state index contributed by atoms with van der Waals surface area (Å²) >= 11 is 3.42. The summed E-state index contributed by atoms with van der Waals surface area (Å²) in [5.74, 6) is 0.719. The van der Waals surface area contributed by atoms with Crippen molar-refractivity contribution < 1.29 is 14.4 Å². The molecule has 1 atom stereocenters. The van der Waals surface area contributed by atoms with Crippen molar-refractivity contribution in [2.75, 3.05) is 13.7 Å². The van der Waals surface area contributed by atoms with Crippen LogP contribution in [0.1, 0.15) is 22.6 Å². The number of nitro groups is 1. The highest BCUT2D eigenvalue weighted by molar-refractivity contribution is 9.10. The van der Waals surface area contributed by atoms with Gasteiger partial charge in [-0.15, -0.1) is 0 Å². The Morgan fingerprint density at radius 1 is 1.06 bits per heavy atom. The van der Waals surface area contributed by atoms with Crippen LogP contribution in [0.15, 0.2) is 77.4 Å². The smallest absolute Gasteiger partial charge is 0.214 e. The van der Waals surface area contributed by atoms with Gasteiger partial charge in [0.15, 0.2) is 11.5 Å². The molecule has 158 valence electrons. The van der Waals surface area contributed by atoms with Gasteiger partial charge in [-0.05, 0) is 47.0 Å². The molecule has 0 aliphatic heterocycles. The molecule has 31 heavy (non-hydrogen) atoms. The van der Waals surface area contributed by atoms with Crippen LogP contribution in [0.5, 0.6) is 11.5 Å². The van der Waals surface area contributed by atoms with Crippen molar-refractivity contribution >= 4 is 26.8 Å². The molecular formula is C24H21BrN2O4. The predicted octanol–water partition coefficient (Wildman–Crippen LogP) is 5.93. The van der Waals surface area contributed by atoms with Gasteiger partial charge in [0.2, 0.25) is 6.54 Å². The van der Waals surface area contributed by atoms with Gasteiger partial charge in [-0.2, -0.15) is 0 Å². The number of hydrogen-bond acceptors (Lipinski definition) is 4. The topological polar surface area (TPSA) is 77.4 Å². The summed E-state index contributed by atoms with van der Waals surface area (Å²) in [5.41, 5.74) is 3.67. The number of methoxy groups -OCH3 is 1. The monoisotopic (exact) mass is 480 g/mol. The van der Waals surface area contributed by atoms with Crippen LogP contribution in [-0.4, -0.2) is 23.6 Å². The summed E-state index contributed by atoms with van der Waals surface area (Å²) in [5, 5.41) is 12.4. The minimum atomic E-state index is -0.416. The average molecular weight is 481 g/mol. The minimum absolute atomic E-state index is 0.218. The second-order valence-electron chi connectivity index (χ2n) is 7.18. The average Bonchev–Trinajstić information content (AvgIpc) is 3.21. The van der Waals surface area contributed by atoms with Gasteiger partial charge in [0.05, 0.1) is 13.0 Å². The number of aromatic amines is 1. The maximum Gasteiger partial charge on any atom is 0.214 e. The zero-order valence-corrected chi connectivity index (χ0v) is 18.5. The third kappa shape index (κ3) is 4.72. The first-order chi connectivity index (χ1) is 15.0. The Morgan fingerprint density at radius 2 is 1.84 bits per heavy atom. The van der Waals surface area contributed by atoms with E-state index < -0.39 is 5.92 Å². The molecule has 0 spiro atoms. The largest absolute Gasteiger partial charge is 0.493 e. The number of hydrogen-bond donors (Lipinski definition) is 1. The second-order valence-corrected chi connectivity index (χ2v) is 8.10. The minimum Gasteiger partial charge on any atom is -0.493 e. The van der Waals surface area contributed by atoms with Crippen LogP contribution < -0.4 is 9.47 Å². The quantitative estimate of drug-likeness (QED) is 0.250. The Labute approximate surface area is 188 Å². The third-order valence-electron chi connectivity index (χ3n) is 5.23. The van der Waals surface area contributed by atoms with Crippen molar-refractivity contribution in [1.29, 1.82) is 0 Å². The summed E-state index contributed by atoms with van der Waals surface area (Å²) in [6.07, 6.45) is 1.85. The molecule has 7 heteroatoms. The standard InChI is InChI=1S/C24H21BrN2O4/c1-30-24-12-17(8-11-23(24)31-15-16-6-9-18(25)10-7-16)21(14-27(28)29)20-13-26-22-5-3-2-4-19(20)22/h2-13,21,26H,14-15H2,1H3/t21-/m0/s1. The number of aromatic nitrogens is 1. The van der Waals surface area contributed by atoms with Crippen LogP contribution in [0, 0.1) is 10.1 Å². The van der Waals surface area contributed by atoms with E-state index >= 15 is 0 Å². The van der Waals surface area contributed by atoms with Gasteiger partial charge < -0.3 is 14.5 Å². The fourth-order valence-electron chi connectivity index (χ4n) is 3.68. The molecule has 4 aromatic rings. The highest BCUT2D eigenvalue weighted by Gasteiger charge is 2.24. The fraction of sp³-hybridized carbons (Fsp3) is 0.167. The number of nitrogens with one attached hydrogen (secondary N) is 1. The lowest BCUT2D eigenvalue weighted by Gasteiger charge is -2.17. The highest BCUT2D eigenvalue weighted by Crippen LogP contribution is 2.36. The molecule has 0 saturated heterocycles. The molecule has 1 N–H and O–H groups in total. The van der Waals surface area contributed by atoms with Crippen molar-refractivity contribution in [2.45, 2.75) is 12.5 Å². The molecule has 0 amide bonds. The maximum atomic E-state index is 11.5. The van der Waals surface area contributed by atoms with E-state index in [9.17, 15) is 10.1 Å². The zero-order chi connectivity index (χ0) is 21.8. The molecule has 0 unspecified atom stereocenters. The molecule has 1 aromatic heterocycles. The van der Waals surface area contributed by atoms with E-state index in [1.165, 1.54) is 0 Å². The Hall–Kier alpha value is -3.32. The molecular weight excluding hydrogens is 460 g/mol. The lowest BCUT2D eigenvalue weighted by atomic mass is 9.90. The van der Waals surface area contributed by atoms with Gasteiger partial charge in [0, 0.05) is 26.5 Å². The first-order valence-electron chi connectivity index (χ1n) is 9.78. The molecule has 0 aliphatic rings. The number of para-hydroxylation sites is 1.